The number of aryl methyl sites for hydroxylation is 1. The molecule has 3 N–H and O–H groups in total. The Morgan fingerprint density at radius 1 is 1.39 bits per heavy atom. The van der Waals surface area contributed by atoms with Crippen LogP contribution < -0.4 is 5.32 Å². The summed E-state index contributed by atoms with van der Waals surface area (Å²) >= 11 is 1.63. The molecule has 3 heterocycles. The number of aliphatic hydroxyl groups is 1. The van der Waals surface area contributed by atoms with E-state index in [1.54, 1.807) is 11.3 Å². The first kappa shape index (κ1) is 22.7. The first-order valence-corrected chi connectivity index (χ1v) is 10.3. The van der Waals surface area contributed by atoms with Crippen molar-refractivity contribution >= 4 is 23.7 Å². The predicted octanol–water partition coefficient (Wildman–Crippen LogP) is 0.948. The van der Waals surface area contributed by atoms with Gasteiger partial charge in [-0.05, 0) is 33.1 Å². The average molecular weight is 415 g/mol. The van der Waals surface area contributed by atoms with Crippen LogP contribution in [0, 0.1) is 6.92 Å². The molecule has 2 atom stereocenters. The molecular formula is C18H30N4O5S. The molecule has 1 aromatic rings. The lowest BCUT2D eigenvalue weighted by Gasteiger charge is -2.53. The second-order valence-electron chi connectivity index (χ2n) is 7.48. The molecule has 0 aliphatic carbocycles. The fraction of sp³-hybridized carbons (Fsp3) is 0.778. The minimum atomic E-state index is -0.699. The number of carbonyl (C=O) groups is 2. The largest absolute Gasteiger partial charge is 0.483 e. The van der Waals surface area contributed by atoms with Gasteiger partial charge in [-0.2, -0.15) is 0 Å². The highest BCUT2D eigenvalue weighted by Gasteiger charge is 2.53. The Labute approximate surface area is 169 Å². The minimum absolute atomic E-state index is 0.0253. The van der Waals surface area contributed by atoms with Crippen molar-refractivity contribution in [2.45, 2.75) is 70.2 Å². The second kappa shape index (κ2) is 9.73. The quantitative estimate of drug-likeness (QED) is 0.622. The van der Waals surface area contributed by atoms with Gasteiger partial charge in [0.25, 0.3) is 6.47 Å². The molecule has 9 nitrogen and oxygen atoms in total. The number of amides is 1. The summed E-state index contributed by atoms with van der Waals surface area (Å²) in [4.78, 5) is 22.6. The molecule has 0 aromatic carbocycles. The molecule has 2 saturated heterocycles. The SMILES string of the molecule is CCC(=O)N[C@]1(C)CCOC2(CCN(Cc3nnc(C)s3)CC2)[C@H]1O.O=CO. The smallest absolute Gasteiger partial charge is 0.290 e. The van der Waals surface area contributed by atoms with E-state index >= 15 is 0 Å². The first-order valence-electron chi connectivity index (χ1n) is 9.51. The molecule has 1 aromatic heterocycles. The number of aromatic nitrogens is 2. The monoisotopic (exact) mass is 414 g/mol. The summed E-state index contributed by atoms with van der Waals surface area (Å²) in [7, 11) is 0. The number of piperidine rings is 1. The Kier molecular flexibility index (Phi) is 7.87. The van der Waals surface area contributed by atoms with Crippen molar-refractivity contribution in [3.05, 3.63) is 10.0 Å². The van der Waals surface area contributed by atoms with Gasteiger partial charge in [-0.25, -0.2) is 0 Å². The summed E-state index contributed by atoms with van der Waals surface area (Å²) in [6.45, 7) is 8.51. The molecular weight excluding hydrogens is 384 g/mol. The number of hydrogen-bond donors (Lipinski definition) is 3. The van der Waals surface area contributed by atoms with Crippen molar-refractivity contribution in [2.24, 2.45) is 0 Å². The average Bonchev–Trinajstić information content (AvgIpc) is 3.07. The zero-order chi connectivity index (χ0) is 20.8. The molecule has 28 heavy (non-hydrogen) atoms. The highest BCUT2D eigenvalue weighted by Crippen LogP contribution is 2.40. The third-order valence-electron chi connectivity index (χ3n) is 5.49. The number of aliphatic hydroxyl groups excluding tert-OH is 1. The molecule has 2 aliphatic rings. The van der Waals surface area contributed by atoms with Crippen LogP contribution in [0.15, 0.2) is 0 Å². The van der Waals surface area contributed by atoms with Gasteiger partial charge >= 0.3 is 0 Å². The third-order valence-corrected chi connectivity index (χ3v) is 6.31. The first-order chi connectivity index (χ1) is 13.3. The molecule has 2 aliphatic heterocycles. The minimum Gasteiger partial charge on any atom is -0.483 e. The van der Waals surface area contributed by atoms with Crippen molar-refractivity contribution in [3.63, 3.8) is 0 Å². The number of rotatable bonds is 4. The van der Waals surface area contributed by atoms with Crippen LogP contribution >= 0.6 is 11.3 Å². The molecule has 3 rings (SSSR count). The lowest BCUT2D eigenvalue weighted by Crippen LogP contribution is -2.69. The standard InChI is InChI=1S/C17H28N4O3S.CH2O2/c1-4-13(22)18-16(3)7-10-24-17(15(16)23)5-8-21(9-6-17)11-14-20-19-12(2)25-14;2-1-3/h15,23H,4-11H2,1-3H3,(H,18,22);1H,(H,2,3)/t15-,16+;/m0./s1. The van der Waals surface area contributed by atoms with Gasteiger partial charge in [0.2, 0.25) is 5.91 Å². The number of hydrogen-bond acceptors (Lipinski definition) is 8. The summed E-state index contributed by atoms with van der Waals surface area (Å²) < 4.78 is 6.08. The van der Waals surface area contributed by atoms with Crippen molar-refractivity contribution in [1.82, 2.24) is 20.4 Å². The van der Waals surface area contributed by atoms with E-state index in [0.29, 0.717) is 19.4 Å². The number of carboxylic acid groups (broad SMARTS) is 1. The number of nitrogens with one attached hydrogen (secondary N) is 1. The lowest BCUT2D eigenvalue weighted by atomic mass is 9.73. The zero-order valence-corrected chi connectivity index (χ0v) is 17.5. The topological polar surface area (TPSA) is 125 Å². The van der Waals surface area contributed by atoms with Crippen molar-refractivity contribution in [3.8, 4) is 0 Å². The Morgan fingerprint density at radius 2 is 2.04 bits per heavy atom. The summed E-state index contributed by atoms with van der Waals surface area (Å²) in [5.74, 6) is -0.0253. The Bertz CT molecular complexity index is 662. The van der Waals surface area contributed by atoms with Crippen molar-refractivity contribution < 1.29 is 24.5 Å². The number of likely N-dealkylation sites (tertiary alicyclic amines) is 1. The fourth-order valence-electron chi connectivity index (χ4n) is 3.90. The van der Waals surface area contributed by atoms with E-state index in [2.05, 4.69) is 20.4 Å². The van der Waals surface area contributed by atoms with E-state index in [0.717, 1.165) is 42.5 Å². The summed E-state index contributed by atoms with van der Waals surface area (Å²) in [6, 6.07) is 0. The molecule has 0 radical (unpaired) electrons. The van der Waals surface area contributed by atoms with Crippen molar-refractivity contribution in [1.29, 1.82) is 0 Å². The van der Waals surface area contributed by atoms with Crippen LogP contribution in [0.5, 0.6) is 0 Å². The summed E-state index contributed by atoms with van der Waals surface area (Å²) in [6.07, 6.45) is 1.86. The number of ether oxygens (including phenoxy) is 1. The van der Waals surface area contributed by atoms with Gasteiger partial charge in [-0.15, -0.1) is 21.5 Å². The van der Waals surface area contributed by atoms with Gasteiger partial charge in [0.05, 0.1) is 17.7 Å². The number of carbonyl (C=O) groups excluding carboxylic acids is 1. The van der Waals surface area contributed by atoms with Crippen LogP contribution in [0.4, 0.5) is 0 Å². The van der Waals surface area contributed by atoms with Crippen molar-refractivity contribution in [2.75, 3.05) is 19.7 Å². The molecule has 10 heteroatoms. The second-order valence-corrected chi connectivity index (χ2v) is 8.75. The highest BCUT2D eigenvalue weighted by molar-refractivity contribution is 7.11. The number of nitrogens with zero attached hydrogens (tertiary/aromatic N) is 3. The highest BCUT2D eigenvalue weighted by atomic mass is 32.1. The van der Waals surface area contributed by atoms with Crippen LogP contribution in [0.1, 0.15) is 49.5 Å². The van der Waals surface area contributed by atoms with Crippen LogP contribution in [-0.4, -0.2) is 74.6 Å². The zero-order valence-electron chi connectivity index (χ0n) is 16.7. The molecule has 0 unspecified atom stereocenters. The molecule has 0 bridgehead atoms. The summed E-state index contributed by atoms with van der Waals surface area (Å²) in [5.41, 5.74) is -1.19. The van der Waals surface area contributed by atoms with Gasteiger partial charge in [-0.3, -0.25) is 14.5 Å². The van der Waals surface area contributed by atoms with Crippen LogP contribution in [-0.2, 0) is 20.9 Å². The molecule has 158 valence electrons. The van der Waals surface area contributed by atoms with Gasteiger partial charge in [-0.1, -0.05) is 6.92 Å². The Balaban J connectivity index is 0.000000878. The molecule has 1 amide bonds. The van der Waals surface area contributed by atoms with E-state index < -0.39 is 17.2 Å². The Hall–Kier alpha value is -1.62. The van der Waals surface area contributed by atoms with Crippen LogP contribution in [0.2, 0.25) is 0 Å². The predicted molar refractivity (Wildman–Crippen MR) is 104 cm³/mol. The van der Waals surface area contributed by atoms with Gasteiger partial charge in [0.1, 0.15) is 16.1 Å². The van der Waals surface area contributed by atoms with E-state index in [4.69, 9.17) is 14.6 Å². The Morgan fingerprint density at radius 3 is 2.57 bits per heavy atom. The van der Waals surface area contributed by atoms with E-state index in [1.807, 2.05) is 20.8 Å². The molecule has 2 fully saturated rings. The normalized spacial score (nSPS) is 26.9. The fourth-order valence-corrected chi connectivity index (χ4v) is 4.65. The maximum atomic E-state index is 11.9. The molecule has 1 spiro atoms. The van der Waals surface area contributed by atoms with Gasteiger partial charge in [0.15, 0.2) is 0 Å². The maximum absolute atomic E-state index is 11.9. The van der Waals surface area contributed by atoms with Crippen LogP contribution in [0.3, 0.4) is 0 Å². The van der Waals surface area contributed by atoms with E-state index in [-0.39, 0.29) is 12.4 Å². The van der Waals surface area contributed by atoms with Gasteiger partial charge in [0, 0.05) is 26.1 Å². The summed E-state index contributed by atoms with van der Waals surface area (Å²) in [5, 5.41) is 31.2. The lowest BCUT2D eigenvalue weighted by molar-refractivity contribution is -0.208. The third kappa shape index (κ3) is 5.25. The van der Waals surface area contributed by atoms with Crippen LogP contribution in [0.25, 0.3) is 0 Å². The maximum Gasteiger partial charge on any atom is 0.290 e. The van der Waals surface area contributed by atoms with Gasteiger partial charge < -0.3 is 20.3 Å². The van der Waals surface area contributed by atoms with E-state index in [1.165, 1.54) is 0 Å². The van der Waals surface area contributed by atoms with E-state index in [9.17, 15) is 9.90 Å². The molecule has 0 saturated carbocycles.